The van der Waals surface area contributed by atoms with Gasteiger partial charge >= 0.3 is 0 Å². The summed E-state index contributed by atoms with van der Waals surface area (Å²) in [5, 5.41) is 2.95. The van der Waals surface area contributed by atoms with Crippen LogP contribution in [0.25, 0.3) is 0 Å². The summed E-state index contributed by atoms with van der Waals surface area (Å²) < 4.78 is 5.63. The molecular formula is C23H29N3O3. The first-order chi connectivity index (χ1) is 13.9. The molecule has 3 N–H and O–H groups in total. The number of nitrogens with one attached hydrogen (secondary N) is 1. The van der Waals surface area contributed by atoms with Crippen molar-refractivity contribution in [3.8, 4) is 5.75 Å². The number of para-hydroxylation sites is 1. The van der Waals surface area contributed by atoms with E-state index in [1.165, 1.54) is 5.56 Å². The van der Waals surface area contributed by atoms with Crippen molar-refractivity contribution >= 4 is 17.5 Å². The Morgan fingerprint density at radius 1 is 1.17 bits per heavy atom. The number of carbonyl (C=O) groups is 2. The SMILES string of the molecule is Cc1ccc(OCC(=O)Nc2ccccc2CN2CCCC(C(N)=O)C2)cc1C. The highest BCUT2D eigenvalue weighted by Gasteiger charge is 2.24. The fourth-order valence-electron chi connectivity index (χ4n) is 3.59. The lowest BCUT2D eigenvalue weighted by molar-refractivity contribution is -0.123. The van der Waals surface area contributed by atoms with E-state index in [4.69, 9.17) is 10.5 Å². The number of ether oxygens (including phenoxy) is 1. The molecule has 0 radical (unpaired) electrons. The van der Waals surface area contributed by atoms with Gasteiger partial charge in [-0.25, -0.2) is 0 Å². The third-order valence-electron chi connectivity index (χ3n) is 5.44. The van der Waals surface area contributed by atoms with E-state index in [1.807, 2.05) is 56.3 Å². The molecule has 1 heterocycles. The molecule has 2 aromatic rings. The van der Waals surface area contributed by atoms with E-state index < -0.39 is 0 Å². The van der Waals surface area contributed by atoms with Crippen LogP contribution >= 0.6 is 0 Å². The van der Waals surface area contributed by atoms with Gasteiger partial charge in [-0.2, -0.15) is 0 Å². The van der Waals surface area contributed by atoms with Crippen LogP contribution in [0.2, 0.25) is 0 Å². The molecule has 6 heteroatoms. The molecule has 0 spiro atoms. The second kappa shape index (κ2) is 9.56. The monoisotopic (exact) mass is 395 g/mol. The van der Waals surface area contributed by atoms with Crippen LogP contribution in [0, 0.1) is 19.8 Å². The number of hydrogen-bond acceptors (Lipinski definition) is 4. The molecule has 1 unspecified atom stereocenters. The molecule has 2 amide bonds. The lowest BCUT2D eigenvalue weighted by Gasteiger charge is -2.31. The van der Waals surface area contributed by atoms with Gasteiger partial charge < -0.3 is 15.8 Å². The van der Waals surface area contributed by atoms with Gasteiger partial charge in [0.1, 0.15) is 5.75 Å². The first-order valence-corrected chi connectivity index (χ1v) is 10.0. The van der Waals surface area contributed by atoms with Crippen molar-refractivity contribution in [2.45, 2.75) is 33.2 Å². The van der Waals surface area contributed by atoms with E-state index >= 15 is 0 Å². The number of anilines is 1. The average molecular weight is 396 g/mol. The Balaban J connectivity index is 1.58. The van der Waals surface area contributed by atoms with Crippen molar-refractivity contribution in [1.82, 2.24) is 4.90 Å². The molecule has 0 saturated carbocycles. The summed E-state index contributed by atoms with van der Waals surface area (Å²) in [7, 11) is 0. The maximum Gasteiger partial charge on any atom is 0.262 e. The molecule has 1 atom stereocenters. The number of carbonyl (C=O) groups excluding carboxylic acids is 2. The maximum atomic E-state index is 12.4. The van der Waals surface area contributed by atoms with Gasteiger partial charge in [0.25, 0.3) is 5.91 Å². The van der Waals surface area contributed by atoms with Crippen LogP contribution in [0.15, 0.2) is 42.5 Å². The van der Waals surface area contributed by atoms with Gasteiger partial charge in [0.2, 0.25) is 5.91 Å². The Bertz CT molecular complexity index is 881. The van der Waals surface area contributed by atoms with Crippen LogP contribution in [0.3, 0.4) is 0 Å². The normalized spacial score (nSPS) is 17.0. The zero-order valence-corrected chi connectivity index (χ0v) is 17.1. The Kier molecular flexibility index (Phi) is 6.88. The predicted molar refractivity (Wildman–Crippen MR) is 114 cm³/mol. The van der Waals surface area contributed by atoms with Gasteiger partial charge in [-0.3, -0.25) is 14.5 Å². The van der Waals surface area contributed by atoms with E-state index in [1.54, 1.807) is 0 Å². The van der Waals surface area contributed by atoms with Crippen LogP contribution < -0.4 is 15.8 Å². The summed E-state index contributed by atoms with van der Waals surface area (Å²) in [6, 6.07) is 13.5. The lowest BCUT2D eigenvalue weighted by atomic mass is 9.97. The van der Waals surface area contributed by atoms with Crippen molar-refractivity contribution < 1.29 is 14.3 Å². The third-order valence-corrected chi connectivity index (χ3v) is 5.44. The topological polar surface area (TPSA) is 84.7 Å². The zero-order chi connectivity index (χ0) is 20.8. The smallest absolute Gasteiger partial charge is 0.262 e. The van der Waals surface area contributed by atoms with Crippen LogP contribution in [0.5, 0.6) is 5.75 Å². The Morgan fingerprint density at radius 2 is 1.97 bits per heavy atom. The van der Waals surface area contributed by atoms with E-state index in [9.17, 15) is 9.59 Å². The molecule has 0 aromatic heterocycles. The molecule has 1 saturated heterocycles. The Hall–Kier alpha value is -2.86. The lowest BCUT2D eigenvalue weighted by Crippen LogP contribution is -2.40. The molecule has 1 aliphatic heterocycles. The molecule has 1 aliphatic rings. The number of hydrogen-bond donors (Lipinski definition) is 2. The summed E-state index contributed by atoms with van der Waals surface area (Å²) in [6.07, 6.45) is 1.80. The second-order valence-corrected chi connectivity index (χ2v) is 7.72. The van der Waals surface area contributed by atoms with Crippen molar-refractivity contribution in [2.75, 3.05) is 25.0 Å². The number of benzene rings is 2. The quantitative estimate of drug-likeness (QED) is 0.755. The average Bonchev–Trinajstić information content (AvgIpc) is 2.70. The van der Waals surface area contributed by atoms with Gasteiger partial charge in [-0.15, -0.1) is 0 Å². The van der Waals surface area contributed by atoms with Gasteiger partial charge in [-0.05, 0) is 68.1 Å². The van der Waals surface area contributed by atoms with E-state index in [0.717, 1.165) is 36.2 Å². The first kappa shape index (κ1) is 20.9. The van der Waals surface area contributed by atoms with Crippen molar-refractivity contribution in [2.24, 2.45) is 11.7 Å². The highest BCUT2D eigenvalue weighted by atomic mass is 16.5. The third kappa shape index (κ3) is 5.81. The minimum atomic E-state index is -0.236. The Morgan fingerprint density at radius 3 is 2.72 bits per heavy atom. The number of nitrogens with zero attached hydrogens (tertiary/aromatic N) is 1. The molecule has 29 heavy (non-hydrogen) atoms. The molecule has 1 fully saturated rings. The standard InChI is InChI=1S/C23H29N3O3/c1-16-9-10-20(12-17(16)2)29-15-22(27)25-21-8-4-3-6-18(21)13-26-11-5-7-19(14-26)23(24)28/h3-4,6,8-10,12,19H,5,7,11,13-15H2,1-2H3,(H2,24,28)(H,25,27). The minimum absolute atomic E-state index is 0.0513. The largest absolute Gasteiger partial charge is 0.484 e. The summed E-state index contributed by atoms with van der Waals surface area (Å²) in [5.74, 6) is 0.142. The molecular weight excluding hydrogens is 366 g/mol. The first-order valence-electron chi connectivity index (χ1n) is 10.0. The summed E-state index contributed by atoms with van der Waals surface area (Å²) in [5.41, 5.74) is 9.57. The van der Waals surface area contributed by atoms with Crippen LogP contribution in [-0.4, -0.2) is 36.4 Å². The maximum absolute atomic E-state index is 12.4. The van der Waals surface area contributed by atoms with E-state index in [0.29, 0.717) is 18.8 Å². The summed E-state index contributed by atoms with van der Waals surface area (Å²) in [6.45, 7) is 6.25. The van der Waals surface area contributed by atoms with Crippen LogP contribution in [-0.2, 0) is 16.1 Å². The Labute approximate surface area is 172 Å². The molecule has 3 rings (SSSR count). The summed E-state index contributed by atoms with van der Waals surface area (Å²) in [4.78, 5) is 26.1. The molecule has 0 aliphatic carbocycles. The van der Waals surface area contributed by atoms with Crippen LogP contribution in [0.4, 0.5) is 5.69 Å². The van der Waals surface area contributed by atoms with Crippen molar-refractivity contribution in [3.63, 3.8) is 0 Å². The molecule has 6 nitrogen and oxygen atoms in total. The summed E-state index contributed by atoms with van der Waals surface area (Å²) >= 11 is 0. The van der Waals surface area contributed by atoms with Gasteiger partial charge in [0.15, 0.2) is 6.61 Å². The fraction of sp³-hybridized carbons (Fsp3) is 0.391. The second-order valence-electron chi connectivity index (χ2n) is 7.72. The molecule has 154 valence electrons. The highest BCUT2D eigenvalue weighted by Crippen LogP contribution is 2.22. The fourth-order valence-corrected chi connectivity index (χ4v) is 3.59. The number of primary amides is 1. The number of likely N-dealkylation sites (tertiary alicyclic amines) is 1. The highest BCUT2D eigenvalue weighted by molar-refractivity contribution is 5.92. The number of amides is 2. The minimum Gasteiger partial charge on any atom is -0.484 e. The molecule has 0 bridgehead atoms. The molecule has 2 aromatic carbocycles. The number of aryl methyl sites for hydroxylation is 2. The van der Waals surface area contributed by atoms with Gasteiger partial charge in [-0.1, -0.05) is 24.3 Å². The van der Waals surface area contributed by atoms with Crippen LogP contribution in [0.1, 0.15) is 29.5 Å². The van der Waals surface area contributed by atoms with Gasteiger partial charge in [0, 0.05) is 18.8 Å². The number of piperidine rings is 1. The number of nitrogens with two attached hydrogens (primary N) is 1. The zero-order valence-electron chi connectivity index (χ0n) is 17.1. The van der Waals surface area contributed by atoms with E-state index in [2.05, 4.69) is 10.2 Å². The van der Waals surface area contributed by atoms with Gasteiger partial charge in [0.05, 0.1) is 5.92 Å². The number of rotatable bonds is 7. The van der Waals surface area contributed by atoms with Crippen molar-refractivity contribution in [1.29, 1.82) is 0 Å². The predicted octanol–water partition coefficient (Wildman–Crippen LogP) is 3.02. The van der Waals surface area contributed by atoms with E-state index in [-0.39, 0.29) is 24.3 Å². The van der Waals surface area contributed by atoms with Crippen molar-refractivity contribution in [3.05, 3.63) is 59.2 Å².